The summed E-state index contributed by atoms with van der Waals surface area (Å²) in [5.74, 6) is 0. The summed E-state index contributed by atoms with van der Waals surface area (Å²) >= 11 is 0. The molecule has 1 aliphatic heterocycles. The molecule has 1 fully saturated rings. The molecule has 1 atom stereocenters. The second-order valence-corrected chi connectivity index (χ2v) is 3.49. The Balaban J connectivity index is 2.46. The third-order valence-corrected chi connectivity index (χ3v) is 2.48. The quantitative estimate of drug-likeness (QED) is 0.677. The molecular formula is C9H13N3O3. The summed E-state index contributed by atoms with van der Waals surface area (Å²) < 4.78 is 6.76. The summed E-state index contributed by atoms with van der Waals surface area (Å²) in [5, 5.41) is 0. The summed E-state index contributed by atoms with van der Waals surface area (Å²) in [5.41, 5.74) is 4.93. The predicted octanol–water partition coefficient (Wildman–Crippen LogP) is -0.696. The first-order chi connectivity index (χ1) is 7.22. The van der Waals surface area contributed by atoms with E-state index in [-0.39, 0.29) is 12.8 Å². The fourth-order valence-corrected chi connectivity index (χ4v) is 1.67. The second kappa shape index (κ2) is 4.00. The molecule has 6 nitrogen and oxygen atoms in total. The van der Waals surface area contributed by atoms with Gasteiger partial charge in [0.1, 0.15) is 6.23 Å². The van der Waals surface area contributed by atoms with Gasteiger partial charge in [0.15, 0.2) is 0 Å². The maximum Gasteiger partial charge on any atom is 0.330 e. The largest absolute Gasteiger partial charge is 0.358 e. The van der Waals surface area contributed by atoms with Gasteiger partial charge in [-0.2, -0.15) is 0 Å². The maximum atomic E-state index is 11.5. The van der Waals surface area contributed by atoms with E-state index < -0.39 is 11.2 Å². The van der Waals surface area contributed by atoms with Crippen molar-refractivity contribution < 1.29 is 4.74 Å². The maximum absolute atomic E-state index is 11.5. The normalized spacial score (nSPS) is 20.7. The van der Waals surface area contributed by atoms with E-state index in [2.05, 4.69) is 4.98 Å². The third-order valence-electron chi connectivity index (χ3n) is 2.48. The lowest BCUT2D eigenvalue weighted by Gasteiger charge is -2.13. The van der Waals surface area contributed by atoms with Crippen molar-refractivity contribution in [2.75, 3.05) is 6.61 Å². The molecule has 15 heavy (non-hydrogen) atoms. The average Bonchev–Trinajstić information content (AvgIpc) is 2.71. The number of aromatic amines is 1. The Morgan fingerprint density at radius 1 is 1.60 bits per heavy atom. The molecule has 1 unspecified atom stereocenters. The molecule has 1 aliphatic rings. The van der Waals surface area contributed by atoms with Crippen molar-refractivity contribution in [3.8, 4) is 0 Å². The Morgan fingerprint density at radius 3 is 3.00 bits per heavy atom. The Labute approximate surface area is 85.7 Å². The van der Waals surface area contributed by atoms with Crippen LogP contribution in [0, 0.1) is 0 Å². The lowest BCUT2D eigenvalue weighted by atomic mass is 10.3. The molecule has 0 aliphatic carbocycles. The van der Waals surface area contributed by atoms with Gasteiger partial charge in [0.2, 0.25) is 0 Å². The summed E-state index contributed by atoms with van der Waals surface area (Å²) in [6, 6.07) is 0. The SMILES string of the molecule is NCc1cn(C2CCCO2)c(=O)[nH]c1=O. The van der Waals surface area contributed by atoms with Crippen LogP contribution in [0.2, 0.25) is 0 Å². The van der Waals surface area contributed by atoms with Crippen molar-refractivity contribution >= 4 is 0 Å². The molecular weight excluding hydrogens is 198 g/mol. The topological polar surface area (TPSA) is 90.1 Å². The summed E-state index contributed by atoms with van der Waals surface area (Å²) in [4.78, 5) is 25.0. The molecule has 3 N–H and O–H groups in total. The summed E-state index contributed by atoms with van der Waals surface area (Å²) in [7, 11) is 0. The lowest BCUT2D eigenvalue weighted by Crippen LogP contribution is -2.34. The molecule has 1 aromatic heterocycles. The Kier molecular flexibility index (Phi) is 2.70. The van der Waals surface area contributed by atoms with Crippen molar-refractivity contribution in [2.45, 2.75) is 25.6 Å². The average molecular weight is 211 g/mol. The molecule has 0 bridgehead atoms. The minimum atomic E-state index is -0.441. The number of ether oxygens (including phenoxy) is 1. The Hall–Kier alpha value is -1.40. The van der Waals surface area contributed by atoms with Gasteiger partial charge in [0, 0.05) is 24.9 Å². The fraction of sp³-hybridized carbons (Fsp3) is 0.556. The van der Waals surface area contributed by atoms with E-state index >= 15 is 0 Å². The van der Waals surface area contributed by atoms with E-state index in [0.29, 0.717) is 12.2 Å². The van der Waals surface area contributed by atoms with Gasteiger partial charge in [-0.25, -0.2) is 4.79 Å². The molecule has 0 radical (unpaired) electrons. The van der Waals surface area contributed by atoms with Crippen molar-refractivity contribution in [2.24, 2.45) is 5.73 Å². The Morgan fingerprint density at radius 2 is 2.40 bits per heavy atom. The molecule has 0 spiro atoms. The van der Waals surface area contributed by atoms with E-state index in [9.17, 15) is 9.59 Å². The molecule has 2 heterocycles. The first kappa shape index (κ1) is 10.1. The van der Waals surface area contributed by atoms with Crippen LogP contribution in [-0.4, -0.2) is 16.2 Å². The van der Waals surface area contributed by atoms with Gasteiger partial charge in [-0.1, -0.05) is 0 Å². The minimum Gasteiger partial charge on any atom is -0.358 e. The van der Waals surface area contributed by atoms with E-state index in [4.69, 9.17) is 10.5 Å². The molecule has 0 aromatic carbocycles. The molecule has 1 aromatic rings. The number of aromatic nitrogens is 2. The smallest absolute Gasteiger partial charge is 0.330 e. The standard InChI is InChI=1S/C9H13N3O3/c10-4-6-5-12(7-2-1-3-15-7)9(14)11-8(6)13/h5,7H,1-4,10H2,(H,11,13,14). The van der Waals surface area contributed by atoms with Crippen LogP contribution in [0.25, 0.3) is 0 Å². The van der Waals surface area contributed by atoms with Gasteiger partial charge >= 0.3 is 5.69 Å². The van der Waals surface area contributed by atoms with E-state index in [0.717, 1.165) is 12.8 Å². The van der Waals surface area contributed by atoms with Gasteiger partial charge in [-0.3, -0.25) is 14.3 Å². The van der Waals surface area contributed by atoms with Crippen molar-refractivity contribution in [3.05, 3.63) is 32.6 Å². The first-order valence-corrected chi connectivity index (χ1v) is 4.88. The van der Waals surface area contributed by atoms with Crippen LogP contribution in [-0.2, 0) is 11.3 Å². The van der Waals surface area contributed by atoms with E-state index in [1.165, 1.54) is 10.8 Å². The summed E-state index contributed by atoms with van der Waals surface area (Å²) in [6.07, 6.45) is 2.93. The highest BCUT2D eigenvalue weighted by atomic mass is 16.5. The van der Waals surface area contributed by atoms with Crippen molar-refractivity contribution in [3.63, 3.8) is 0 Å². The van der Waals surface area contributed by atoms with Gasteiger partial charge in [0.25, 0.3) is 5.56 Å². The monoisotopic (exact) mass is 211 g/mol. The number of hydrogen-bond donors (Lipinski definition) is 2. The molecule has 1 saturated heterocycles. The van der Waals surface area contributed by atoms with Crippen molar-refractivity contribution in [1.82, 2.24) is 9.55 Å². The number of H-pyrrole nitrogens is 1. The molecule has 2 rings (SSSR count). The van der Waals surface area contributed by atoms with E-state index in [1.54, 1.807) is 0 Å². The minimum absolute atomic E-state index is 0.113. The highest BCUT2D eigenvalue weighted by Crippen LogP contribution is 2.20. The van der Waals surface area contributed by atoms with Crippen LogP contribution < -0.4 is 17.0 Å². The predicted molar refractivity (Wildman–Crippen MR) is 53.4 cm³/mol. The number of nitrogens with two attached hydrogens (primary N) is 1. The second-order valence-electron chi connectivity index (χ2n) is 3.49. The zero-order valence-electron chi connectivity index (χ0n) is 8.23. The highest BCUT2D eigenvalue weighted by molar-refractivity contribution is 5.04. The number of hydrogen-bond acceptors (Lipinski definition) is 4. The summed E-state index contributed by atoms with van der Waals surface area (Å²) in [6.45, 7) is 0.760. The zero-order valence-corrected chi connectivity index (χ0v) is 8.23. The van der Waals surface area contributed by atoms with E-state index in [1.807, 2.05) is 0 Å². The number of nitrogens with one attached hydrogen (secondary N) is 1. The highest BCUT2D eigenvalue weighted by Gasteiger charge is 2.19. The molecule has 0 saturated carbocycles. The zero-order chi connectivity index (χ0) is 10.8. The van der Waals surface area contributed by atoms with Crippen LogP contribution in [0.15, 0.2) is 15.8 Å². The van der Waals surface area contributed by atoms with Crippen LogP contribution in [0.4, 0.5) is 0 Å². The number of rotatable bonds is 2. The van der Waals surface area contributed by atoms with Crippen LogP contribution in [0.3, 0.4) is 0 Å². The van der Waals surface area contributed by atoms with Gasteiger partial charge in [0.05, 0.1) is 0 Å². The van der Waals surface area contributed by atoms with Gasteiger partial charge in [-0.15, -0.1) is 0 Å². The van der Waals surface area contributed by atoms with Crippen LogP contribution >= 0.6 is 0 Å². The molecule has 82 valence electrons. The fourth-order valence-electron chi connectivity index (χ4n) is 1.67. The Bertz CT molecular complexity index is 456. The van der Waals surface area contributed by atoms with Crippen molar-refractivity contribution in [1.29, 1.82) is 0 Å². The number of nitrogens with zero attached hydrogens (tertiary/aromatic N) is 1. The third kappa shape index (κ3) is 1.86. The lowest BCUT2D eigenvalue weighted by molar-refractivity contribution is 0.0524. The molecule has 6 heteroatoms. The van der Waals surface area contributed by atoms with Crippen LogP contribution in [0.5, 0.6) is 0 Å². The van der Waals surface area contributed by atoms with Gasteiger partial charge < -0.3 is 10.5 Å². The van der Waals surface area contributed by atoms with Crippen LogP contribution in [0.1, 0.15) is 24.6 Å². The molecule has 0 amide bonds. The first-order valence-electron chi connectivity index (χ1n) is 4.88. The van der Waals surface area contributed by atoms with Gasteiger partial charge in [-0.05, 0) is 12.8 Å².